The molecule has 0 saturated carbocycles. The fourth-order valence-corrected chi connectivity index (χ4v) is 1.63. The van der Waals surface area contributed by atoms with Crippen LogP contribution in [-0.4, -0.2) is 10.1 Å². The molecule has 1 unspecified atom stereocenters. The molecule has 0 aliphatic heterocycles. The smallest absolute Gasteiger partial charge is 0.258 e. The van der Waals surface area contributed by atoms with Crippen molar-refractivity contribution < 1.29 is 4.52 Å². The zero-order valence-corrected chi connectivity index (χ0v) is 10.0. The van der Waals surface area contributed by atoms with Gasteiger partial charge in [-0.25, -0.2) is 0 Å². The minimum atomic E-state index is -0.230. The van der Waals surface area contributed by atoms with Crippen molar-refractivity contribution in [3.63, 3.8) is 0 Å². The maximum atomic E-state index is 5.89. The molecule has 0 aliphatic rings. The van der Waals surface area contributed by atoms with Crippen molar-refractivity contribution in [1.29, 1.82) is 0 Å². The summed E-state index contributed by atoms with van der Waals surface area (Å²) in [6.45, 7) is 3.92. The van der Waals surface area contributed by atoms with E-state index in [0.717, 1.165) is 12.0 Å². The molecule has 0 aliphatic carbocycles. The van der Waals surface area contributed by atoms with Gasteiger partial charge in [0.25, 0.3) is 5.89 Å². The monoisotopic (exact) mass is 236 g/mol. The fraction of sp³-hybridized carbons (Fsp3) is 0.333. The molecule has 2 rings (SSSR count). The van der Waals surface area contributed by atoms with Crippen LogP contribution in [0.1, 0.15) is 30.6 Å². The van der Waals surface area contributed by atoms with Crippen molar-refractivity contribution in [3.8, 4) is 11.5 Å². The van der Waals surface area contributed by atoms with Crippen LogP contribution in [0.25, 0.3) is 11.5 Å². The van der Waals surface area contributed by atoms with Crippen molar-refractivity contribution in [1.82, 2.24) is 10.1 Å². The Hall–Kier alpha value is -1.35. The third-order valence-corrected chi connectivity index (χ3v) is 2.62. The van der Waals surface area contributed by atoms with E-state index in [4.69, 9.17) is 16.1 Å². The number of benzene rings is 1. The minimum Gasteiger partial charge on any atom is -0.334 e. The summed E-state index contributed by atoms with van der Waals surface area (Å²) in [7, 11) is 0. The molecule has 0 amide bonds. The average Bonchev–Trinajstić information content (AvgIpc) is 2.78. The average molecular weight is 237 g/mol. The number of halogens is 1. The maximum Gasteiger partial charge on any atom is 0.258 e. The highest BCUT2D eigenvalue weighted by Crippen LogP contribution is 2.24. The van der Waals surface area contributed by atoms with Crippen molar-refractivity contribution in [2.45, 2.75) is 25.6 Å². The summed E-state index contributed by atoms with van der Waals surface area (Å²) in [5.74, 6) is 1.07. The predicted octanol–water partition coefficient (Wildman–Crippen LogP) is 3.60. The lowest BCUT2D eigenvalue weighted by Gasteiger charge is -2.01. The summed E-state index contributed by atoms with van der Waals surface area (Å²) in [4.78, 5) is 4.28. The largest absolute Gasteiger partial charge is 0.334 e. The number of nitrogens with zero attached hydrogens (tertiary/aromatic N) is 2. The summed E-state index contributed by atoms with van der Waals surface area (Å²) in [5.41, 5.74) is 2.18. The second kappa shape index (κ2) is 4.66. The fourth-order valence-electron chi connectivity index (χ4n) is 1.54. The van der Waals surface area contributed by atoms with Crippen LogP contribution in [-0.2, 0) is 6.42 Å². The van der Waals surface area contributed by atoms with Crippen LogP contribution in [0.2, 0.25) is 0 Å². The van der Waals surface area contributed by atoms with Crippen LogP contribution in [0.4, 0.5) is 0 Å². The van der Waals surface area contributed by atoms with Crippen LogP contribution in [0.15, 0.2) is 28.8 Å². The Labute approximate surface area is 99.4 Å². The molecule has 0 fully saturated rings. The Morgan fingerprint density at radius 2 is 2.12 bits per heavy atom. The highest BCUT2D eigenvalue weighted by molar-refractivity contribution is 6.20. The van der Waals surface area contributed by atoms with Crippen molar-refractivity contribution in [3.05, 3.63) is 35.7 Å². The van der Waals surface area contributed by atoms with Gasteiger partial charge in [0.2, 0.25) is 0 Å². The van der Waals surface area contributed by atoms with E-state index in [0.29, 0.717) is 11.7 Å². The van der Waals surface area contributed by atoms with Gasteiger partial charge in [-0.05, 0) is 25.0 Å². The van der Waals surface area contributed by atoms with E-state index >= 15 is 0 Å². The summed E-state index contributed by atoms with van der Waals surface area (Å²) in [5, 5.41) is 3.62. The first-order valence-electron chi connectivity index (χ1n) is 5.28. The Morgan fingerprint density at radius 1 is 1.38 bits per heavy atom. The molecule has 1 aromatic heterocycles. The first kappa shape index (κ1) is 11.1. The molecule has 0 radical (unpaired) electrons. The molecule has 1 heterocycles. The molecule has 0 saturated heterocycles. The number of rotatable bonds is 3. The predicted molar refractivity (Wildman–Crippen MR) is 63.4 cm³/mol. The molecule has 0 N–H and O–H groups in total. The van der Waals surface area contributed by atoms with E-state index in [1.807, 2.05) is 25.1 Å². The maximum absolute atomic E-state index is 5.89. The zero-order valence-electron chi connectivity index (χ0n) is 9.27. The summed E-state index contributed by atoms with van der Waals surface area (Å²) < 4.78 is 5.21. The van der Waals surface area contributed by atoms with Gasteiger partial charge in [0, 0.05) is 5.56 Å². The van der Waals surface area contributed by atoms with Gasteiger partial charge in [-0.2, -0.15) is 4.98 Å². The molecule has 84 valence electrons. The highest BCUT2D eigenvalue weighted by atomic mass is 35.5. The molecule has 3 nitrogen and oxygen atoms in total. The lowest BCUT2D eigenvalue weighted by atomic mass is 10.1. The Morgan fingerprint density at radius 3 is 2.75 bits per heavy atom. The number of alkyl halides is 1. The van der Waals surface area contributed by atoms with E-state index in [2.05, 4.69) is 23.1 Å². The number of aromatic nitrogens is 2. The number of aryl methyl sites for hydroxylation is 1. The Balaban J connectivity index is 2.42. The quantitative estimate of drug-likeness (QED) is 0.765. The van der Waals surface area contributed by atoms with E-state index in [1.54, 1.807) is 0 Å². The minimum absolute atomic E-state index is 0.230. The number of hydrogen-bond acceptors (Lipinski definition) is 3. The van der Waals surface area contributed by atoms with Crippen LogP contribution in [0.3, 0.4) is 0 Å². The molecule has 0 spiro atoms. The molecular weight excluding hydrogens is 224 g/mol. The lowest BCUT2D eigenvalue weighted by molar-refractivity contribution is 0.422. The van der Waals surface area contributed by atoms with Gasteiger partial charge in [0.1, 0.15) is 0 Å². The molecule has 4 heteroatoms. The zero-order chi connectivity index (χ0) is 11.5. The summed E-state index contributed by atoms with van der Waals surface area (Å²) in [6.07, 6.45) is 0.935. The van der Waals surface area contributed by atoms with E-state index in [-0.39, 0.29) is 5.38 Å². The van der Waals surface area contributed by atoms with Crippen LogP contribution in [0, 0.1) is 0 Å². The second-order valence-electron chi connectivity index (χ2n) is 3.58. The SMILES string of the molecule is CCc1ccccc1-c1nc(C(C)Cl)no1. The normalized spacial score (nSPS) is 12.7. The van der Waals surface area contributed by atoms with Crippen LogP contribution >= 0.6 is 11.6 Å². The van der Waals surface area contributed by atoms with Crippen molar-refractivity contribution in [2.24, 2.45) is 0 Å². The molecule has 1 aromatic carbocycles. The Bertz CT molecular complexity index is 479. The van der Waals surface area contributed by atoms with Gasteiger partial charge in [-0.3, -0.25) is 0 Å². The van der Waals surface area contributed by atoms with Crippen LogP contribution in [0.5, 0.6) is 0 Å². The summed E-state index contributed by atoms with van der Waals surface area (Å²) in [6, 6.07) is 8.00. The van der Waals surface area contributed by atoms with Gasteiger partial charge < -0.3 is 4.52 Å². The van der Waals surface area contributed by atoms with Gasteiger partial charge in [0.15, 0.2) is 5.82 Å². The molecule has 16 heavy (non-hydrogen) atoms. The van der Waals surface area contributed by atoms with E-state index in [9.17, 15) is 0 Å². The topological polar surface area (TPSA) is 38.9 Å². The van der Waals surface area contributed by atoms with Gasteiger partial charge >= 0.3 is 0 Å². The lowest BCUT2D eigenvalue weighted by Crippen LogP contribution is -1.89. The first-order chi connectivity index (χ1) is 7.72. The third-order valence-electron chi connectivity index (χ3n) is 2.43. The number of hydrogen-bond donors (Lipinski definition) is 0. The van der Waals surface area contributed by atoms with Crippen molar-refractivity contribution >= 4 is 11.6 Å². The first-order valence-corrected chi connectivity index (χ1v) is 5.72. The Kier molecular flexibility index (Phi) is 3.25. The molecule has 1 atom stereocenters. The van der Waals surface area contributed by atoms with Gasteiger partial charge in [-0.15, -0.1) is 11.6 Å². The third kappa shape index (κ3) is 2.09. The van der Waals surface area contributed by atoms with E-state index in [1.165, 1.54) is 5.56 Å². The second-order valence-corrected chi connectivity index (χ2v) is 4.24. The van der Waals surface area contributed by atoms with Crippen molar-refractivity contribution in [2.75, 3.05) is 0 Å². The summed E-state index contributed by atoms with van der Waals surface area (Å²) >= 11 is 5.89. The van der Waals surface area contributed by atoms with Gasteiger partial charge in [0.05, 0.1) is 5.38 Å². The molecule has 0 bridgehead atoms. The molecule has 2 aromatic rings. The highest BCUT2D eigenvalue weighted by Gasteiger charge is 2.14. The standard InChI is InChI=1S/C12H13ClN2O/c1-3-9-6-4-5-7-10(9)12-14-11(8(2)13)15-16-12/h4-8H,3H2,1-2H3. The molecular formula is C12H13ClN2O. The van der Waals surface area contributed by atoms with Crippen LogP contribution < -0.4 is 0 Å². The van der Waals surface area contributed by atoms with Gasteiger partial charge in [-0.1, -0.05) is 30.3 Å². The van der Waals surface area contributed by atoms with E-state index < -0.39 is 0 Å².